The fourth-order valence-corrected chi connectivity index (χ4v) is 2.57. The number of Topliss-reactive ketones (excluding diaryl/α,β-unsaturated/α-hetero) is 1. The van der Waals surface area contributed by atoms with Gasteiger partial charge in [-0.1, -0.05) is 48.0 Å². The number of benzene rings is 2. The van der Waals surface area contributed by atoms with Crippen LogP contribution >= 0.6 is 0 Å². The first-order chi connectivity index (χ1) is 12.6. The SMILES string of the molecule is CCOC(=O)C1=C(Nc2ccccc2)O/C(=C/c2cccc(C)c2)C1=O. The Bertz CT molecular complexity index is 897. The molecule has 132 valence electrons. The van der Waals surface area contributed by atoms with Crippen LogP contribution in [0.5, 0.6) is 0 Å². The largest absolute Gasteiger partial charge is 0.462 e. The van der Waals surface area contributed by atoms with E-state index in [0.29, 0.717) is 5.69 Å². The van der Waals surface area contributed by atoms with Gasteiger partial charge in [-0.05, 0) is 37.6 Å². The molecule has 5 heteroatoms. The third-order valence-electron chi connectivity index (χ3n) is 3.74. The topological polar surface area (TPSA) is 64.6 Å². The van der Waals surface area contributed by atoms with E-state index >= 15 is 0 Å². The monoisotopic (exact) mass is 349 g/mol. The molecule has 1 aliphatic rings. The van der Waals surface area contributed by atoms with Crippen molar-refractivity contribution in [1.29, 1.82) is 0 Å². The fraction of sp³-hybridized carbons (Fsp3) is 0.143. The first-order valence-electron chi connectivity index (χ1n) is 8.33. The molecule has 1 N–H and O–H groups in total. The van der Waals surface area contributed by atoms with Crippen molar-refractivity contribution in [2.75, 3.05) is 11.9 Å². The molecule has 0 aliphatic carbocycles. The fourth-order valence-electron chi connectivity index (χ4n) is 2.57. The molecular weight excluding hydrogens is 330 g/mol. The van der Waals surface area contributed by atoms with E-state index in [9.17, 15) is 9.59 Å². The number of carbonyl (C=O) groups excluding carboxylic acids is 2. The zero-order valence-electron chi connectivity index (χ0n) is 14.6. The molecule has 3 rings (SSSR count). The van der Waals surface area contributed by atoms with Gasteiger partial charge in [0.15, 0.2) is 11.3 Å². The van der Waals surface area contributed by atoms with Gasteiger partial charge in [0.1, 0.15) is 0 Å². The summed E-state index contributed by atoms with van der Waals surface area (Å²) >= 11 is 0. The highest BCUT2D eigenvalue weighted by molar-refractivity contribution is 6.26. The summed E-state index contributed by atoms with van der Waals surface area (Å²) in [6, 6.07) is 16.8. The molecule has 1 heterocycles. The number of rotatable bonds is 5. The Morgan fingerprint density at radius 2 is 1.92 bits per heavy atom. The Morgan fingerprint density at radius 3 is 2.62 bits per heavy atom. The maximum Gasteiger partial charge on any atom is 0.347 e. The summed E-state index contributed by atoms with van der Waals surface area (Å²) in [5.41, 5.74) is 2.45. The number of aryl methyl sites for hydroxylation is 1. The first kappa shape index (κ1) is 17.5. The third kappa shape index (κ3) is 3.83. The molecule has 26 heavy (non-hydrogen) atoms. The molecule has 2 aromatic carbocycles. The molecule has 0 saturated heterocycles. The van der Waals surface area contributed by atoms with E-state index in [1.165, 1.54) is 0 Å². The Labute approximate surface area is 151 Å². The number of allylic oxidation sites excluding steroid dienone is 1. The normalized spacial score (nSPS) is 15.2. The summed E-state index contributed by atoms with van der Waals surface area (Å²) in [7, 11) is 0. The molecule has 1 aliphatic heterocycles. The van der Waals surface area contributed by atoms with Crippen molar-refractivity contribution in [3.63, 3.8) is 0 Å². The second-order valence-corrected chi connectivity index (χ2v) is 5.77. The predicted molar refractivity (Wildman–Crippen MR) is 99.0 cm³/mol. The van der Waals surface area contributed by atoms with E-state index in [-0.39, 0.29) is 23.8 Å². The molecule has 0 unspecified atom stereocenters. The number of ketones is 1. The standard InChI is InChI=1S/C21H19NO4/c1-3-25-21(24)18-19(23)17(13-15-9-7-8-14(2)12-15)26-20(18)22-16-10-5-4-6-11-16/h4-13,22H,3H2,1-2H3/b17-13+. The molecule has 0 fully saturated rings. The van der Waals surface area contributed by atoms with Gasteiger partial charge >= 0.3 is 5.97 Å². The van der Waals surface area contributed by atoms with Gasteiger partial charge in [-0.15, -0.1) is 0 Å². The van der Waals surface area contributed by atoms with Crippen molar-refractivity contribution in [2.24, 2.45) is 0 Å². The highest BCUT2D eigenvalue weighted by Gasteiger charge is 2.36. The van der Waals surface area contributed by atoms with Crippen LogP contribution in [-0.2, 0) is 19.1 Å². The molecule has 0 radical (unpaired) electrons. The van der Waals surface area contributed by atoms with E-state index in [1.54, 1.807) is 13.0 Å². The molecule has 5 nitrogen and oxygen atoms in total. The molecule has 0 aromatic heterocycles. The van der Waals surface area contributed by atoms with E-state index < -0.39 is 11.8 Å². The van der Waals surface area contributed by atoms with Crippen LogP contribution in [0.1, 0.15) is 18.1 Å². The number of anilines is 1. The van der Waals surface area contributed by atoms with Gasteiger partial charge in [-0.2, -0.15) is 0 Å². The van der Waals surface area contributed by atoms with Crippen LogP contribution in [0.4, 0.5) is 5.69 Å². The summed E-state index contributed by atoms with van der Waals surface area (Å²) < 4.78 is 10.7. The highest BCUT2D eigenvalue weighted by Crippen LogP contribution is 2.28. The third-order valence-corrected chi connectivity index (χ3v) is 3.74. The van der Waals surface area contributed by atoms with E-state index in [4.69, 9.17) is 9.47 Å². The van der Waals surface area contributed by atoms with Crippen LogP contribution in [0.3, 0.4) is 0 Å². The average Bonchev–Trinajstić information content (AvgIpc) is 2.91. The molecule has 0 spiro atoms. The van der Waals surface area contributed by atoms with Crippen LogP contribution in [0, 0.1) is 6.92 Å². The highest BCUT2D eigenvalue weighted by atomic mass is 16.5. The molecule has 2 aromatic rings. The van der Waals surface area contributed by atoms with E-state index in [0.717, 1.165) is 11.1 Å². The molecule has 0 bridgehead atoms. The Kier molecular flexibility index (Phi) is 5.17. The van der Waals surface area contributed by atoms with Crippen LogP contribution in [0.25, 0.3) is 6.08 Å². The van der Waals surface area contributed by atoms with E-state index in [1.807, 2.05) is 61.5 Å². The lowest BCUT2D eigenvalue weighted by atomic mass is 10.1. The van der Waals surface area contributed by atoms with Crippen molar-refractivity contribution in [2.45, 2.75) is 13.8 Å². The van der Waals surface area contributed by atoms with Crippen molar-refractivity contribution in [1.82, 2.24) is 0 Å². The minimum Gasteiger partial charge on any atom is -0.462 e. The van der Waals surface area contributed by atoms with E-state index in [2.05, 4.69) is 5.32 Å². The van der Waals surface area contributed by atoms with Crippen LogP contribution in [0.2, 0.25) is 0 Å². The summed E-state index contributed by atoms with van der Waals surface area (Å²) in [6.45, 7) is 3.82. The lowest BCUT2D eigenvalue weighted by molar-refractivity contribution is -0.139. The number of hydrogen-bond donors (Lipinski definition) is 1. The van der Waals surface area contributed by atoms with Crippen molar-refractivity contribution < 1.29 is 19.1 Å². The van der Waals surface area contributed by atoms with Gasteiger partial charge in [0.2, 0.25) is 11.7 Å². The number of carbonyl (C=O) groups is 2. The lowest BCUT2D eigenvalue weighted by Crippen LogP contribution is -2.16. The minimum atomic E-state index is -0.705. The van der Waals surface area contributed by atoms with Crippen LogP contribution < -0.4 is 5.32 Å². The molecule has 0 saturated carbocycles. The summed E-state index contributed by atoms with van der Waals surface area (Å²) in [6.07, 6.45) is 1.62. The summed E-state index contributed by atoms with van der Waals surface area (Å²) in [4.78, 5) is 25.0. The van der Waals surface area contributed by atoms with Crippen molar-refractivity contribution >= 4 is 23.5 Å². The molecular formula is C21H19NO4. The maximum absolute atomic E-state index is 12.7. The quantitative estimate of drug-likeness (QED) is 0.505. The molecule has 0 amide bonds. The number of ether oxygens (including phenoxy) is 2. The zero-order valence-corrected chi connectivity index (χ0v) is 14.6. The predicted octanol–water partition coefficient (Wildman–Crippen LogP) is 3.82. The van der Waals surface area contributed by atoms with Gasteiger partial charge in [0.05, 0.1) is 6.61 Å². The zero-order chi connectivity index (χ0) is 18.5. The average molecular weight is 349 g/mol. The maximum atomic E-state index is 12.7. The summed E-state index contributed by atoms with van der Waals surface area (Å²) in [5.74, 6) is -1.04. The smallest absolute Gasteiger partial charge is 0.347 e. The first-order valence-corrected chi connectivity index (χ1v) is 8.33. The Balaban J connectivity index is 1.94. The van der Waals surface area contributed by atoms with Gasteiger partial charge in [0.25, 0.3) is 0 Å². The second-order valence-electron chi connectivity index (χ2n) is 5.77. The second kappa shape index (κ2) is 7.70. The Hall–Kier alpha value is -3.34. The van der Waals surface area contributed by atoms with Gasteiger partial charge in [-0.3, -0.25) is 4.79 Å². The number of nitrogens with one attached hydrogen (secondary N) is 1. The summed E-state index contributed by atoms with van der Waals surface area (Å²) in [5, 5.41) is 2.98. The van der Waals surface area contributed by atoms with Gasteiger partial charge < -0.3 is 14.8 Å². The van der Waals surface area contributed by atoms with Crippen LogP contribution in [-0.4, -0.2) is 18.4 Å². The number of para-hydroxylation sites is 1. The Morgan fingerprint density at radius 1 is 1.15 bits per heavy atom. The minimum absolute atomic E-state index is 0.0806. The number of hydrogen-bond acceptors (Lipinski definition) is 5. The van der Waals surface area contributed by atoms with Crippen molar-refractivity contribution in [3.05, 3.63) is 82.9 Å². The van der Waals surface area contributed by atoms with Gasteiger partial charge in [0, 0.05) is 5.69 Å². The van der Waals surface area contributed by atoms with Gasteiger partial charge in [-0.25, -0.2) is 4.79 Å². The lowest BCUT2D eigenvalue weighted by Gasteiger charge is -2.08. The molecule has 0 atom stereocenters. The van der Waals surface area contributed by atoms with Crippen molar-refractivity contribution in [3.8, 4) is 0 Å². The number of esters is 1. The van der Waals surface area contributed by atoms with Crippen LogP contribution in [0.15, 0.2) is 71.8 Å².